The minimum absolute atomic E-state index is 0.267. The number of tetrazole rings is 1. The quantitative estimate of drug-likeness (QED) is 0.357. The predicted octanol–water partition coefficient (Wildman–Crippen LogP) is 5.07. The third-order valence-electron chi connectivity index (χ3n) is 6.09. The Morgan fingerprint density at radius 2 is 1.76 bits per heavy atom. The number of benzene rings is 2. The lowest BCUT2D eigenvalue weighted by atomic mass is 9.98. The van der Waals surface area contributed by atoms with Crippen LogP contribution in [0.2, 0.25) is 0 Å². The normalized spacial score (nSPS) is 11.4. The number of aromatic amines is 1. The summed E-state index contributed by atoms with van der Waals surface area (Å²) in [4.78, 5) is 13.1. The van der Waals surface area contributed by atoms with Gasteiger partial charge in [0.1, 0.15) is 0 Å². The topological polar surface area (TPSA) is 81.4 Å². The first-order valence-corrected chi connectivity index (χ1v) is 11.9. The van der Waals surface area contributed by atoms with E-state index in [0.29, 0.717) is 36.9 Å². The molecule has 178 valence electrons. The van der Waals surface area contributed by atoms with Gasteiger partial charge in [-0.1, -0.05) is 75.7 Å². The van der Waals surface area contributed by atoms with E-state index in [1.807, 2.05) is 48.5 Å². The molecule has 0 saturated heterocycles. The molecule has 0 saturated carbocycles. The predicted molar refractivity (Wildman–Crippen MR) is 131 cm³/mol. The molecule has 0 bridgehead atoms. The molecule has 0 aliphatic carbocycles. The summed E-state index contributed by atoms with van der Waals surface area (Å²) >= 11 is 0. The average molecular weight is 463 g/mol. The van der Waals surface area contributed by atoms with Crippen molar-refractivity contribution in [2.24, 2.45) is 5.92 Å². The van der Waals surface area contributed by atoms with Gasteiger partial charge in [-0.15, -0.1) is 5.10 Å². The highest BCUT2D eigenvalue weighted by molar-refractivity contribution is 5.80. The maximum absolute atomic E-state index is 15.2. The largest absolute Gasteiger partial charge is 0.330 e. The van der Waals surface area contributed by atoms with E-state index in [1.165, 1.54) is 4.57 Å². The Kier molecular flexibility index (Phi) is 7.35. The van der Waals surface area contributed by atoms with Crippen LogP contribution in [-0.2, 0) is 19.5 Å². The second kappa shape index (κ2) is 10.6. The number of rotatable bonds is 10. The van der Waals surface area contributed by atoms with Crippen LogP contribution < -0.4 is 5.69 Å². The highest BCUT2D eigenvalue weighted by Crippen LogP contribution is 2.29. The number of nitrogens with zero attached hydrogens (tertiary/aromatic N) is 5. The molecule has 8 heteroatoms. The number of H-pyrrole nitrogens is 1. The molecule has 0 fully saturated rings. The minimum atomic E-state index is -0.384. The number of nitrogens with one attached hydrogen (secondary N) is 1. The van der Waals surface area contributed by atoms with Crippen molar-refractivity contribution in [3.8, 4) is 22.5 Å². The van der Waals surface area contributed by atoms with E-state index in [2.05, 4.69) is 41.4 Å². The number of hydrogen-bond acceptors (Lipinski definition) is 4. The van der Waals surface area contributed by atoms with Crippen molar-refractivity contribution in [3.05, 3.63) is 76.2 Å². The van der Waals surface area contributed by atoms with Gasteiger partial charge in [-0.3, -0.25) is 9.13 Å². The Bertz CT molecular complexity index is 1270. The first kappa shape index (κ1) is 23.6. The van der Waals surface area contributed by atoms with E-state index in [4.69, 9.17) is 0 Å². The molecular weight excluding hydrogens is 431 g/mol. The molecule has 4 rings (SSSR count). The molecule has 0 amide bonds. The fourth-order valence-corrected chi connectivity index (χ4v) is 4.13. The smallest absolute Gasteiger partial charge is 0.289 e. The van der Waals surface area contributed by atoms with Crippen LogP contribution in [0.4, 0.5) is 4.39 Å². The van der Waals surface area contributed by atoms with Gasteiger partial charge in [0.2, 0.25) is 5.95 Å². The van der Waals surface area contributed by atoms with Gasteiger partial charge in [0.25, 0.3) is 0 Å². The maximum Gasteiger partial charge on any atom is 0.330 e. The molecule has 2 heterocycles. The van der Waals surface area contributed by atoms with Gasteiger partial charge in [-0.25, -0.2) is 9.89 Å². The van der Waals surface area contributed by atoms with Gasteiger partial charge >= 0.3 is 5.69 Å². The molecule has 7 nitrogen and oxygen atoms in total. The zero-order valence-corrected chi connectivity index (χ0v) is 20.0. The molecule has 0 atom stereocenters. The van der Waals surface area contributed by atoms with Gasteiger partial charge in [0.05, 0.1) is 12.2 Å². The van der Waals surface area contributed by atoms with Gasteiger partial charge in [0, 0.05) is 12.1 Å². The van der Waals surface area contributed by atoms with Crippen LogP contribution in [0.25, 0.3) is 22.5 Å². The average Bonchev–Trinajstić information content (AvgIpc) is 3.45. The molecule has 0 radical (unpaired) electrons. The Labute approximate surface area is 198 Å². The summed E-state index contributed by atoms with van der Waals surface area (Å²) in [6.45, 7) is 6.98. The fourth-order valence-electron chi connectivity index (χ4n) is 4.13. The third kappa shape index (κ3) is 5.00. The highest BCUT2D eigenvalue weighted by atomic mass is 19.1. The molecule has 4 aromatic rings. The lowest BCUT2D eigenvalue weighted by Gasteiger charge is -2.10. The van der Waals surface area contributed by atoms with Crippen molar-refractivity contribution >= 4 is 0 Å². The highest BCUT2D eigenvalue weighted by Gasteiger charge is 2.20. The lowest BCUT2D eigenvalue weighted by molar-refractivity contribution is 0.434. The van der Waals surface area contributed by atoms with Crippen LogP contribution in [0.15, 0.2) is 53.3 Å². The van der Waals surface area contributed by atoms with Crippen molar-refractivity contribution in [3.63, 3.8) is 0 Å². The maximum atomic E-state index is 15.2. The van der Waals surface area contributed by atoms with Crippen molar-refractivity contribution < 1.29 is 4.39 Å². The molecule has 1 N–H and O–H groups in total. The van der Waals surface area contributed by atoms with E-state index in [9.17, 15) is 4.79 Å². The third-order valence-corrected chi connectivity index (χ3v) is 6.09. The molecule has 34 heavy (non-hydrogen) atoms. The van der Waals surface area contributed by atoms with Gasteiger partial charge in [0.15, 0.2) is 5.82 Å². The summed E-state index contributed by atoms with van der Waals surface area (Å²) in [5, 5.41) is 14.2. The van der Waals surface area contributed by atoms with Crippen LogP contribution >= 0.6 is 0 Å². The van der Waals surface area contributed by atoms with Crippen molar-refractivity contribution in [2.45, 2.75) is 59.5 Å². The van der Waals surface area contributed by atoms with Crippen molar-refractivity contribution in [1.82, 2.24) is 29.8 Å². The van der Waals surface area contributed by atoms with E-state index in [-0.39, 0.29) is 11.6 Å². The number of hydrogen-bond donors (Lipinski definition) is 1. The number of halogens is 1. The second-order valence-electron chi connectivity index (χ2n) is 9.04. The zero-order valence-electron chi connectivity index (χ0n) is 20.0. The molecule has 0 aliphatic rings. The SMILES string of the molecule is CCCCc1c(F)n(CCC(C)C)c(=O)n1Cc1ccc(-c2ccccc2-c2nnn[nH]2)cc1. The van der Waals surface area contributed by atoms with Crippen LogP contribution in [-0.4, -0.2) is 29.8 Å². The van der Waals surface area contributed by atoms with Crippen molar-refractivity contribution in [1.29, 1.82) is 0 Å². The van der Waals surface area contributed by atoms with E-state index in [1.54, 1.807) is 4.57 Å². The Balaban J connectivity index is 1.63. The van der Waals surface area contributed by atoms with Crippen molar-refractivity contribution in [2.75, 3.05) is 0 Å². The summed E-state index contributed by atoms with van der Waals surface area (Å²) in [5.74, 6) is 0.618. The minimum Gasteiger partial charge on any atom is -0.289 e. The second-order valence-corrected chi connectivity index (χ2v) is 9.04. The molecule has 0 unspecified atom stereocenters. The van der Waals surface area contributed by atoms with Gasteiger partial charge < -0.3 is 0 Å². The molecule has 0 aliphatic heterocycles. The zero-order chi connectivity index (χ0) is 24.1. The molecule has 0 spiro atoms. The summed E-state index contributed by atoms with van der Waals surface area (Å²) in [6, 6.07) is 15.9. The van der Waals surface area contributed by atoms with Crippen LogP contribution in [0.1, 0.15) is 51.3 Å². The Morgan fingerprint density at radius 1 is 1.03 bits per heavy atom. The van der Waals surface area contributed by atoms with Crippen LogP contribution in [0.3, 0.4) is 0 Å². The number of imidazole rings is 1. The van der Waals surface area contributed by atoms with E-state index < -0.39 is 0 Å². The number of aromatic nitrogens is 6. The first-order chi connectivity index (χ1) is 16.5. The Hall–Kier alpha value is -3.55. The molecule has 2 aromatic heterocycles. The Morgan fingerprint density at radius 3 is 2.41 bits per heavy atom. The van der Waals surface area contributed by atoms with Crippen LogP contribution in [0.5, 0.6) is 0 Å². The fraction of sp³-hybridized carbons (Fsp3) is 0.385. The standard InChI is InChI=1S/C26H31FN6O/c1-4-5-10-23-24(27)32(16-15-18(2)3)26(34)33(23)17-19-11-13-20(14-12-19)21-8-6-7-9-22(21)25-28-30-31-29-25/h6-9,11-14,18H,4-5,10,15-17H2,1-3H3,(H,28,29,30,31). The van der Waals surface area contributed by atoms with E-state index in [0.717, 1.165) is 41.5 Å². The van der Waals surface area contributed by atoms with Gasteiger partial charge in [-0.05, 0) is 52.3 Å². The summed E-state index contributed by atoms with van der Waals surface area (Å²) in [7, 11) is 0. The molecule has 2 aromatic carbocycles. The molecular formula is C26H31FN6O. The first-order valence-electron chi connectivity index (χ1n) is 11.9. The van der Waals surface area contributed by atoms with Gasteiger partial charge in [-0.2, -0.15) is 4.39 Å². The lowest BCUT2D eigenvalue weighted by Crippen LogP contribution is -2.26. The summed E-state index contributed by atoms with van der Waals surface area (Å²) in [5.41, 5.74) is 4.10. The monoisotopic (exact) mass is 462 g/mol. The van der Waals surface area contributed by atoms with Crippen LogP contribution in [0, 0.1) is 11.9 Å². The summed E-state index contributed by atoms with van der Waals surface area (Å²) < 4.78 is 18.1. The number of unbranched alkanes of at least 4 members (excludes halogenated alkanes) is 1. The summed E-state index contributed by atoms with van der Waals surface area (Å²) in [6.07, 6.45) is 3.11. The van der Waals surface area contributed by atoms with E-state index >= 15 is 4.39 Å².